The van der Waals surface area contributed by atoms with E-state index in [4.69, 9.17) is 4.52 Å². The Morgan fingerprint density at radius 1 is 1.07 bits per heavy atom. The van der Waals surface area contributed by atoms with E-state index in [-0.39, 0.29) is 11.7 Å². The summed E-state index contributed by atoms with van der Waals surface area (Å²) in [5.41, 5.74) is 4.87. The molecule has 1 amide bonds. The van der Waals surface area contributed by atoms with E-state index < -0.39 is 0 Å². The summed E-state index contributed by atoms with van der Waals surface area (Å²) in [4.78, 5) is 11.9. The summed E-state index contributed by atoms with van der Waals surface area (Å²) < 4.78 is 7.45. The van der Waals surface area contributed by atoms with E-state index in [9.17, 15) is 9.90 Å². The number of aromatic hydroxyl groups is 1. The quantitative estimate of drug-likeness (QED) is 0.477. The van der Waals surface area contributed by atoms with E-state index in [2.05, 4.69) is 10.5 Å². The Hall–Kier alpha value is -3.54. The predicted octanol–water partition coefficient (Wildman–Crippen LogP) is 5.59. The molecule has 0 spiro atoms. The van der Waals surface area contributed by atoms with E-state index in [0.29, 0.717) is 11.4 Å². The number of phenolic OH excluding ortho intramolecular Hbond substituents is 1. The maximum Gasteiger partial charge on any atom is 0.221 e. The van der Waals surface area contributed by atoms with E-state index in [1.54, 1.807) is 12.1 Å². The van der Waals surface area contributed by atoms with Crippen LogP contribution in [0.2, 0.25) is 0 Å². The molecule has 0 aliphatic rings. The van der Waals surface area contributed by atoms with Gasteiger partial charge < -0.3 is 19.5 Å². The zero-order valence-electron chi connectivity index (χ0n) is 17.3. The average Bonchev–Trinajstić information content (AvgIpc) is 3.20. The molecule has 6 nitrogen and oxygen atoms in total. The van der Waals surface area contributed by atoms with Crippen LogP contribution in [-0.2, 0) is 4.79 Å². The summed E-state index contributed by atoms with van der Waals surface area (Å²) in [5, 5.41) is 17.7. The third-order valence-electron chi connectivity index (χ3n) is 4.55. The van der Waals surface area contributed by atoms with Gasteiger partial charge in [0.2, 0.25) is 5.91 Å². The number of nitrogens with one attached hydrogen (secondary N) is 1. The number of aromatic nitrogens is 2. The maximum atomic E-state index is 11.9. The molecule has 29 heavy (non-hydrogen) atoms. The first kappa shape index (κ1) is 20.2. The molecule has 2 aromatic carbocycles. The Labute approximate surface area is 169 Å². The van der Waals surface area contributed by atoms with Gasteiger partial charge >= 0.3 is 0 Å². The lowest BCUT2D eigenvalue weighted by Crippen LogP contribution is -2.07. The average molecular weight is 391 g/mol. The summed E-state index contributed by atoms with van der Waals surface area (Å²) in [5.74, 6) is 0.703. The number of anilines is 1. The van der Waals surface area contributed by atoms with Gasteiger partial charge in [0, 0.05) is 18.0 Å². The second-order valence-electron chi connectivity index (χ2n) is 6.47. The van der Waals surface area contributed by atoms with Crippen molar-refractivity contribution in [3.63, 3.8) is 0 Å². The molecule has 2 aromatic heterocycles. The molecule has 4 rings (SSSR count). The monoisotopic (exact) mass is 391 g/mol. The molecular weight excluding hydrogens is 366 g/mol. The van der Waals surface area contributed by atoms with Crippen LogP contribution in [0.15, 0.2) is 53.1 Å². The maximum absolute atomic E-state index is 11.9. The molecule has 150 valence electrons. The number of amides is 1. The lowest BCUT2D eigenvalue weighted by Gasteiger charge is -2.13. The zero-order valence-corrected chi connectivity index (χ0v) is 17.3. The normalized spacial score (nSPS) is 10.5. The SMILES string of the molecule is CC.CC(=O)Nc1c(-c2c(C)noc2C)n(-c2ccc(O)cc2)c2ccccc12. The summed E-state index contributed by atoms with van der Waals surface area (Å²) in [6, 6.07) is 14.8. The number of carbonyl (C=O) groups is 1. The molecule has 2 N–H and O–H groups in total. The second-order valence-corrected chi connectivity index (χ2v) is 6.47. The van der Waals surface area contributed by atoms with Crippen molar-refractivity contribution in [3.8, 4) is 22.7 Å². The van der Waals surface area contributed by atoms with Crippen LogP contribution in [0.1, 0.15) is 32.2 Å². The highest BCUT2D eigenvalue weighted by atomic mass is 16.5. The van der Waals surface area contributed by atoms with Crippen LogP contribution >= 0.6 is 0 Å². The first-order chi connectivity index (χ1) is 14.0. The van der Waals surface area contributed by atoms with Crippen molar-refractivity contribution in [1.29, 1.82) is 0 Å². The smallest absolute Gasteiger partial charge is 0.221 e. The fraction of sp³-hybridized carbons (Fsp3) is 0.217. The number of rotatable bonds is 3. The molecule has 0 saturated carbocycles. The molecule has 0 aliphatic heterocycles. The number of hydrogen-bond donors (Lipinski definition) is 2. The summed E-state index contributed by atoms with van der Waals surface area (Å²) in [6.45, 7) is 9.22. The van der Waals surface area contributed by atoms with Crippen LogP contribution in [0.3, 0.4) is 0 Å². The molecule has 0 radical (unpaired) electrons. The first-order valence-electron chi connectivity index (χ1n) is 9.61. The second kappa shape index (κ2) is 8.22. The number of phenols is 1. The molecule has 0 fully saturated rings. The number of para-hydroxylation sites is 1. The van der Waals surface area contributed by atoms with Gasteiger partial charge in [-0.15, -0.1) is 0 Å². The highest BCUT2D eigenvalue weighted by molar-refractivity contribution is 6.09. The molecule has 0 bridgehead atoms. The van der Waals surface area contributed by atoms with Crippen molar-refractivity contribution >= 4 is 22.5 Å². The van der Waals surface area contributed by atoms with Gasteiger partial charge in [-0.3, -0.25) is 4.79 Å². The lowest BCUT2D eigenvalue weighted by molar-refractivity contribution is -0.114. The number of hydrogen-bond acceptors (Lipinski definition) is 4. The Morgan fingerprint density at radius 3 is 2.31 bits per heavy atom. The van der Waals surface area contributed by atoms with Crippen LogP contribution in [0.5, 0.6) is 5.75 Å². The minimum absolute atomic E-state index is 0.156. The van der Waals surface area contributed by atoms with Gasteiger partial charge in [-0.1, -0.05) is 37.2 Å². The minimum Gasteiger partial charge on any atom is -0.508 e. The highest BCUT2D eigenvalue weighted by Gasteiger charge is 2.25. The topological polar surface area (TPSA) is 80.3 Å². The van der Waals surface area contributed by atoms with Crippen LogP contribution in [0.25, 0.3) is 27.8 Å². The van der Waals surface area contributed by atoms with Gasteiger partial charge in [0.05, 0.1) is 28.2 Å². The van der Waals surface area contributed by atoms with Crippen LogP contribution in [0, 0.1) is 13.8 Å². The largest absolute Gasteiger partial charge is 0.508 e. The molecule has 0 atom stereocenters. The fourth-order valence-electron chi connectivity index (χ4n) is 3.47. The third kappa shape index (κ3) is 3.61. The Bertz CT molecular complexity index is 1130. The van der Waals surface area contributed by atoms with E-state index >= 15 is 0 Å². The van der Waals surface area contributed by atoms with Crippen molar-refractivity contribution in [1.82, 2.24) is 9.72 Å². The third-order valence-corrected chi connectivity index (χ3v) is 4.55. The van der Waals surface area contributed by atoms with E-state index in [1.807, 2.05) is 68.7 Å². The molecule has 4 aromatic rings. The van der Waals surface area contributed by atoms with Gasteiger partial charge in [-0.2, -0.15) is 0 Å². The molecular formula is C23H25N3O3. The number of benzene rings is 2. The zero-order chi connectivity index (χ0) is 21.1. The molecule has 0 saturated heterocycles. The van der Waals surface area contributed by atoms with Crippen molar-refractivity contribution in [2.45, 2.75) is 34.6 Å². The number of aryl methyl sites for hydroxylation is 2. The van der Waals surface area contributed by atoms with Crippen molar-refractivity contribution in [2.24, 2.45) is 0 Å². The van der Waals surface area contributed by atoms with Gasteiger partial charge in [0.1, 0.15) is 11.5 Å². The number of carbonyl (C=O) groups excluding carboxylic acids is 1. The standard InChI is InChI=1S/C21H19N3O3.C2H6/c1-12-19(13(2)27-23-12)21-20(22-14(3)25)17-6-4-5-7-18(17)24(21)15-8-10-16(26)11-9-15;1-2/h4-11,26H,1-3H3,(H,22,25);1-2H3. The summed E-state index contributed by atoms with van der Waals surface area (Å²) in [6.07, 6.45) is 0. The molecule has 6 heteroatoms. The number of fused-ring (bicyclic) bond motifs is 1. The van der Waals surface area contributed by atoms with Gasteiger partial charge in [-0.05, 0) is 44.2 Å². The minimum atomic E-state index is -0.156. The summed E-state index contributed by atoms with van der Waals surface area (Å²) in [7, 11) is 0. The number of nitrogens with zero attached hydrogens (tertiary/aromatic N) is 2. The fourth-order valence-corrected chi connectivity index (χ4v) is 3.47. The molecule has 2 heterocycles. The van der Waals surface area contributed by atoms with Gasteiger partial charge in [0.15, 0.2) is 0 Å². The molecule has 0 aliphatic carbocycles. The van der Waals surface area contributed by atoms with E-state index in [1.165, 1.54) is 6.92 Å². The van der Waals surface area contributed by atoms with Crippen LogP contribution in [-0.4, -0.2) is 20.7 Å². The van der Waals surface area contributed by atoms with Gasteiger partial charge in [-0.25, -0.2) is 0 Å². The molecule has 0 unspecified atom stereocenters. The Kier molecular flexibility index (Phi) is 5.73. The van der Waals surface area contributed by atoms with Crippen LogP contribution in [0.4, 0.5) is 5.69 Å². The highest BCUT2D eigenvalue weighted by Crippen LogP contribution is 2.42. The van der Waals surface area contributed by atoms with Gasteiger partial charge in [0.25, 0.3) is 0 Å². The Balaban J connectivity index is 0.00000117. The Morgan fingerprint density at radius 2 is 1.72 bits per heavy atom. The van der Waals surface area contributed by atoms with Crippen molar-refractivity contribution in [2.75, 3.05) is 5.32 Å². The van der Waals surface area contributed by atoms with Crippen molar-refractivity contribution in [3.05, 3.63) is 60.0 Å². The van der Waals surface area contributed by atoms with Crippen molar-refractivity contribution < 1.29 is 14.4 Å². The first-order valence-corrected chi connectivity index (χ1v) is 9.61. The van der Waals surface area contributed by atoms with Crippen LogP contribution < -0.4 is 5.32 Å². The summed E-state index contributed by atoms with van der Waals surface area (Å²) >= 11 is 0. The van der Waals surface area contributed by atoms with E-state index in [0.717, 1.165) is 33.5 Å². The lowest BCUT2D eigenvalue weighted by atomic mass is 10.1. The predicted molar refractivity (Wildman–Crippen MR) is 116 cm³/mol.